The van der Waals surface area contributed by atoms with Crippen LogP contribution in [0.2, 0.25) is 0 Å². The van der Waals surface area contributed by atoms with E-state index in [1.54, 1.807) is 17.0 Å². The summed E-state index contributed by atoms with van der Waals surface area (Å²) in [4.78, 5) is 20.5. The van der Waals surface area contributed by atoms with Crippen molar-refractivity contribution in [1.29, 1.82) is 0 Å². The van der Waals surface area contributed by atoms with Crippen LogP contribution >= 0.6 is 0 Å². The number of nitrogens with one attached hydrogen (secondary N) is 1. The Morgan fingerprint density at radius 3 is 2.29 bits per heavy atom. The molecule has 1 aromatic carbocycles. The molecule has 4 rings (SSSR count). The lowest BCUT2D eigenvalue weighted by molar-refractivity contribution is 0.102. The van der Waals surface area contributed by atoms with E-state index in [4.69, 9.17) is 4.74 Å². The number of hydrogen-bond donors (Lipinski definition) is 1. The maximum Gasteiger partial charge on any atom is 0.257 e. The molecule has 1 N–H and O–H groups in total. The molecule has 2 fully saturated rings. The van der Waals surface area contributed by atoms with Crippen LogP contribution in [-0.2, 0) is 4.74 Å². The van der Waals surface area contributed by atoms with Crippen LogP contribution in [-0.4, -0.2) is 50.3 Å². The van der Waals surface area contributed by atoms with Gasteiger partial charge >= 0.3 is 0 Å². The third-order valence-corrected chi connectivity index (χ3v) is 5.04. The van der Waals surface area contributed by atoms with Gasteiger partial charge in [0.2, 0.25) is 0 Å². The first kappa shape index (κ1) is 18.6. The normalized spacial score (nSPS) is 17.1. The van der Waals surface area contributed by atoms with E-state index in [1.165, 1.54) is 6.20 Å². The molecule has 1 aromatic heterocycles. The number of nitrogens with zero attached hydrogens (tertiary/aromatic N) is 3. The molecular weight excluding hydrogens is 366 g/mol. The molecule has 3 heterocycles. The molecule has 0 unspecified atom stereocenters. The summed E-state index contributed by atoms with van der Waals surface area (Å²) >= 11 is 0. The molecule has 2 aliphatic rings. The van der Waals surface area contributed by atoms with Gasteiger partial charge in [0, 0.05) is 38.1 Å². The molecule has 0 atom stereocenters. The molecule has 148 valence electrons. The van der Waals surface area contributed by atoms with Gasteiger partial charge in [-0.25, -0.2) is 13.8 Å². The van der Waals surface area contributed by atoms with Gasteiger partial charge in [-0.1, -0.05) is 0 Å². The molecule has 0 bridgehead atoms. The molecule has 1 amide bonds. The van der Waals surface area contributed by atoms with Gasteiger partial charge in [0.25, 0.3) is 5.91 Å². The van der Waals surface area contributed by atoms with E-state index >= 15 is 0 Å². The van der Waals surface area contributed by atoms with E-state index < -0.39 is 17.5 Å². The largest absolute Gasteiger partial charge is 0.378 e. The fourth-order valence-electron chi connectivity index (χ4n) is 3.58. The van der Waals surface area contributed by atoms with Crippen molar-refractivity contribution < 1.29 is 18.3 Å². The van der Waals surface area contributed by atoms with E-state index in [0.717, 1.165) is 43.9 Å². The van der Waals surface area contributed by atoms with Crippen LogP contribution in [0.25, 0.3) is 0 Å². The Labute approximate surface area is 162 Å². The van der Waals surface area contributed by atoms with Gasteiger partial charge in [0.1, 0.15) is 11.5 Å². The number of amides is 1. The molecule has 0 radical (unpaired) electrons. The minimum absolute atomic E-state index is 0.0213. The molecule has 0 aliphatic carbocycles. The lowest BCUT2D eigenvalue weighted by Crippen LogP contribution is -2.36. The van der Waals surface area contributed by atoms with Gasteiger partial charge in [0.15, 0.2) is 11.6 Å². The first-order valence-electron chi connectivity index (χ1n) is 9.46. The second kappa shape index (κ2) is 8.10. The summed E-state index contributed by atoms with van der Waals surface area (Å²) in [5.74, 6) is -1.03. The van der Waals surface area contributed by atoms with Crippen molar-refractivity contribution in [3.05, 3.63) is 47.7 Å². The quantitative estimate of drug-likeness (QED) is 0.873. The van der Waals surface area contributed by atoms with E-state index in [-0.39, 0.29) is 11.4 Å². The van der Waals surface area contributed by atoms with E-state index in [9.17, 15) is 13.6 Å². The topological polar surface area (TPSA) is 57.7 Å². The Hall–Kier alpha value is -2.74. The fourth-order valence-corrected chi connectivity index (χ4v) is 3.58. The highest BCUT2D eigenvalue weighted by molar-refractivity contribution is 6.04. The minimum Gasteiger partial charge on any atom is -0.378 e. The average Bonchev–Trinajstić information content (AvgIpc) is 3.22. The van der Waals surface area contributed by atoms with Crippen LogP contribution in [0.15, 0.2) is 30.5 Å². The number of aromatic nitrogens is 1. The smallest absolute Gasteiger partial charge is 0.257 e. The molecule has 2 aliphatic heterocycles. The van der Waals surface area contributed by atoms with Crippen molar-refractivity contribution >= 4 is 23.1 Å². The Bertz CT molecular complexity index is 825. The van der Waals surface area contributed by atoms with E-state index in [1.807, 2.05) is 0 Å². The van der Waals surface area contributed by atoms with Gasteiger partial charge in [0.05, 0.1) is 18.8 Å². The van der Waals surface area contributed by atoms with Gasteiger partial charge in [-0.05, 0) is 37.1 Å². The van der Waals surface area contributed by atoms with Gasteiger partial charge < -0.3 is 19.9 Å². The summed E-state index contributed by atoms with van der Waals surface area (Å²) < 4.78 is 34.1. The Kier molecular flexibility index (Phi) is 5.38. The lowest BCUT2D eigenvalue weighted by Gasteiger charge is -2.27. The lowest BCUT2D eigenvalue weighted by atomic mass is 10.2. The molecule has 8 heteroatoms. The highest BCUT2D eigenvalue weighted by Gasteiger charge is 2.21. The first-order chi connectivity index (χ1) is 13.6. The second-order valence-electron chi connectivity index (χ2n) is 6.94. The van der Waals surface area contributed by atoms with Crippen molar-refractivity contribution in [2.45, 2.75) is 12.8 Å². The van der Waals surface area contributed by atoms with Gasteiger partial charge in [-0.15, -0.1) is 0 Å². The Morgan fingerprint density at radius 1 is 1.00 bits per heavy atom. The number of ether oxygens (including phenoxy) is 1. The predicted molar refractivity (Wildman–Crippen MR) is 103 cm³/mol. The number of halogens is 2. The summed E-state index contributed by atoms with van der Waals surface area (Å²) in [6.45, 7) is 4.07. The maximum absolute atomic E-state index is 14.4. The number of anilines is 3. The summed E-state index contributed by atoms with van der Waals surface area (Å²) in [6, 6.07) is 5.73. The molecule has 28 heavy (non-hydrogen) atoms. The number of benzene rings is 1. The Balaban J connectivity index is 1.45. The van der Waals surface area contributed by atoms with Crippen molar-refractivity contribution in [2.75, 3.05) is 54.5 Å². The number of rotatable bonds is 4. The Morgan fingerprint density at radius 2 is 1.68 bits per heavy atom. The third kappa shape index (κ3) is 3.91. The molecule has 0 saturated carbocycles. The fraction of sp³-hybridized carbons (Fsp3) is 0.400. The van der Waals surface area contributed by atoms with Crippen LogP contribution in [0.1, 0.15) is 23.2 Å². The number of carbonyl (C=O) groups excluding carboxylic acids is 1. The highest BCUT2D eigenvalue weighted by Crippen LogP contribution is 2.30. The van der Waals surface area contributed by atoms with Crippen molar-refractivity contribution in [3.63, 3.8) is 0 Å². The predicted octanol–water partition coefficient (Wildman–Crippen LogP) is 3.05. The summed E-state index contributed by atoms with van der Waals surface area (Å²) in [5.41, 5.74) is 0.383. The minimum atomic E-state index is -0.669. The zero-order valence-corrected chi connectivity index (χ0v) is 15.5. The zero-order chi connectivity index (χ0) is 19.5. The van der Waals surface area contributed by atoms with E-state index in [0.29, 0.717) is 31.9 Å². The molecule has 2 aromatic rings. The van der Waals surface area contributed by atoms with E-state index in [2.05, 4.69) is 15.2 Å². The van der Waals surface area contributed by atoms with Crippen LogP contribution in [0.3, 0.4) is 0 Å². The van der Waals surface area contributed by atoms with Crippen LogP contribution in [0.5, 0.6) is 0 Å². The average molecular weight is 388 g/mol. The zero-order valence-electron chi connectivity index (χ0n) is 15.5. The van der Waals surface area contributed by atoms with Gasteiger partial charge in [-0.3, -0.25) is 4.79 Å². The standard InChI is InChI=1S/C20H22F2N4O2/c21-16-11-15(12-17(22)19(16)26-5-1-2-6-26)24-20(27)14-3-4-18(23-13-14)25-7-9-28-10-8-25/h3-4,11-13H,1-2,5-10H2,(H,24,27). The van der Waals surface area contributed by atoms with Gasteiger partial charge in [-0.2, -0.15) is 0 Å². The number of carbonyl (C=O) groups is 1. The second-order valence-corrected chi connectivity index (χ2v) is 6.94. The van der Waals surface area contributed by atoms with Crippen molar-refractivity contribution in [2.24, 2.45) is 0 Å². The van der Waals surface area contributed by atoms with Crippen LogP contribution < -0.4 is 15.1 Å². The van der Waals surface area contributed by atoms with Crippen molar-refractivity contribution in [1.82, 2.24) is 4.98 Å². The van der Waals surface area contributed by atoms with Crippen LogP contribution in [0.4, 0.5) is 26.0 Å². The monoisotopic (exact) mass is 388 g/mol. The SMILES string of the molecule is O=C(Nc1cc(F)c(N2CCCC2)c(F)c1)c1ccc(N2CCOCC2)nc1. The third-order valence-electron chi connectivity index (χ3n) is 5.04. The van der Waals surface area contributed by atoms with Crippen molar-refractivity contribution in [3.8, 4) is 0 Å². The molecule has 0 spiro atoms. The summed E-state index contributed by atoms with van der Waals surface area (Å²) in [7, 11) is 0. The molecular formula is C20H22F2N4O2. The maximum atomic E-state index is 14.4. The number of morpholine rings is 1. The number of pyridine rings is 1. The highest BCUT2D eigenvalue weighted by atomic mass is 19.1. The summed E-state index contributed by atoms with van der Waals surface area (Å²) in [5, 5.41) is 2.55. The molecule has 2 saturated heterocycles. The number of hydrogen-bond acceptors (Lipinski definition) is 5. The molecule has 6 nitrogen and oxygen atoms in total. The summed E-state index contributed by atoms with van der Waals surface area (Å²) in [6.07, 6.45) is 3.31. The van der Waals surface area contributed by atoms with Crippen LogP contribution in [0, 0.1) is 11.6 Å². The first-order valence-corrected chi connectivity index (χ1v) is 9.46.